The van der Waals surface area contributed by atoms with Crippen LogP contribution in [-0.2, 0) is 4.74 Å². The fourth-order valence-electron chi connectivity index (χ4n) is 3.28. The first-order valence-corrected chi connectivity index (χ1v) is 8.71. The van der Waals surface area contributed by atoms with Crippen molar-refractivity contribution in [3.8, 4) is 0 Å². The molecule has 0 radical (unpaired) electrons. The van der Waals surface area contributed by atoms with E-state index in [0.29, 0.717) is 17.0 Å². The third-order valence-corrected chi connectivity index (χ3v) is 4.80. The van der Waals surface area contributed by atoms with Crippen molar-refractivity contribution in [1.29, 1.82) is 0 Å². The van der Waals surface area contributed by atoms with E-state index in [4.69, 9.17) is 4.74 Å². The number of aliphatic hydroxyl groups excluding tert-OH is 3. The van der Waals surface area contributed by atoms with E-state index < -0.39 is 31.1 Å². The molecule has 27 heavy (non-hydrogen) atoms. The highest BCUT2D eigenvalue weighted by Gasteiger charge is 2.44. The van der Waals surface area contributed by atoms with Gasteiger partial charge in [0.05, 0.1) is 19.0 Å². The van der Waals surface area contributed by atoms with Crippen LogP contribution in [0.25, 0.3) is 11.2 Å². The summed E-state index contributed by atoms with van der Waals surface area (Å²) in [4.78, 5) is 12.9. The molecule has 1 saturated heterocycles. The summed E-state index contributed by atoms with van der Waals surface area (Å²) in [5.74, 6) is 0.557. The van der Waals surface area contributed by atoms with E-state index in [2.05, 4.69) is 20.3 Å². The zero-order valence-corrected chi connectivity index (χ0v) is 14.7. The van der Waals surface area contributed by atoms with Crippen molar-refractivity contribution in [1.82, 2.24) is 19.5 Å². The average Bonchev–Trinajstić information content (AvgIpc) is 3.25. The second kappa shape index (κ2) is 7.20. The lowest BCUT2D eigenvalue weighted by Gasteiger charge is -2.17. The van der Waals surface area contributed by atoms with Gasteiger partial charge in [-0.2, -0.15) is 0 Å². The van der Waals surface area contributed by atoms with Crippen molar-refractivity contribution in [3.05, 3.63) is 48.5 Å². The van der Waals surface area contributed by atoms with Gasteiger partial charge in [0.25, 0.3) is 0 Å². The Morgan fingerprint density at radius 3 is 2.63 bits per heavy atom. The smallest absolute Gasteiger partial charge is 0.167 e. The van der Waals surface area contributed by atoms with Crippen molar-refractivity contribution in [2.75, 3.05) is 11.9 Å². The first kappa shape index (κ1) is 17.8. The van der Waals surface area contributed by atoms with Gasteiger partial charge in [-0.1, -0.05) is 30.3 Å². The predicted molar refractivity (Wildman–Crippen MR) is 96.8 cm³/mol. The molecule has 3 heterocycles. The number of benzene rings is 1. The minimum atomic E-state index is -1.20. The second-order valence-corrected chi connectivity index (χ2v) is 6.55. The third kappa shape index (κ3) is 3.15. The summed E-state index contributed by atoms with van der Waals surface area (Å²) in [6.07, 6.45) is -1.25. The molecule has 1 aliphatic heterocycles. The van der Waals surface area contributed by atoms with Crippen LogP contribution in [0.2, 0.25) is 0 Å². The Bertz CT molecular complexity index is 919. The maximum Gasteiger partial charge on any atom is 0.167 e. The Morgan fingerprint density at radius 2 is 1.93 bits per heavy atom. The molecule has 0 spiro atoms. The van der Waals surface area contributed by atoms with Gasteiger partial charge in [0.15, 0.2) is 23.2 Å². The molecule has 4 N–H and O–H groups in total. The van der Waals surface area contributed by atoms with Crippen LogP contribution in [0.1, 0.15) is 24.8 Å². The van der Waals surface area contributed by atoms with Gasteiger partial charge >= 0.3 is 0 Å². The molecule has 0 amide bonds. The fraction of sp³-hybridized carbons (Fsp3) is 0.389. The lowest BCUT2D eigenvalue weighted by Crippen LogP contribution is -2.33. The number of fused-ring (bicyclic) bond motifs is 1. The minimum Gasteiger partial charge on any atom is -0.394 e. The summed E-state index contributed by atoms with van der Waals surface area (Å²) in [5.41, 5.74) is 2.09. The Balaban J connectivity index is 1.64. The highest BCUT2D eigenvalue weighted by atomic mass is 16.6. The van der Waals surface area contributed by atoms with Crippen molar-refractivity contribution < 1.29 is 20.1 Å². The Kier molecular flexibility index (Phi) is 4.75. The first-order valence-electron chi connectivity index (χ1n) is 8.71. The quantitative estimate of drug-likeness (QED) is 0.514. The summed E-state index contributed by atoms with van der Waals surface area (Å²) in [6.45, 7) is 1.63. The van der Waals surface area contributed by atoms with Gasteiger partial charge < -0.3 is 25.4 Å². The number of hydrogen-bond donors (Lipinski definition) is 4. The molecule has 9 heteroatoms. The molecule has 3 aromatic rings. The molecule has 9 nitrogen and oxygen atoms in total. The summed E-state index contributed by atoms with van der Waals surface area (Å²) in [6, 6.07) is 9.95. The van der Waals surface area contributed by atoms with Crippen molar-refractivity contribution >= 4 is 17.0 Å². The molecule has 142 valence electrons. The molecule has 1 fully saturated rings. The number of anilines is 1. The molecule has 0 bridgehead atoms. The number of nitrogens with zero attached hydrogens (tertiary/aromatic N) is 4. The van der Waals surface area contributed by atoms with Crippen LogP contribution in [0.15, 0.2) is 43.0 Å². The predicted octanol–water partition coefficient (Wildman–Crippen LogP) is 0.611. The maximum absolute atomic E-state index is 10.3. The monoisotopic (exact) mass is 371 g/mol. The summed E-state index contributed by atoms with van der Waals surface area (Å²) in [7, 11) is 0. The normalized spacial score (nSPS) is 26.4. The number of rotatable bonds is 5. The van der Waals surface area contributed by atoms with E-state index in [1.165, 1.54) is 12.7 Å². The van der Waals surface area contributed by atoms with Crippen LogP contribution in [0.5, 0.6) is 0 Å². The molecule has 4 rings (SSSR count). The van der Waals surface area contributed by atoms with Crippen molar-refractivity contribution in [3.63, 3.8) is 0 Å². The van der Waals surface area contributed by atoms with Gasteiger partial charge in [-0.15, -0.1) is 0 Å². The number of aromatic nitrogens is 4. The summed E-state index contributed by atoms with van der Waals surface area (Å²) in [5, 5.41) is 32.8. The average molecular weight is 371 g/mol. The van der Waals surface area contributed by atoms with Crippen molar-refractivity contribution in [2.45, 2.75) is 37.5 Å². The minimum absolute atomic E-state index is 0.00311. The summed E-state index contributed by atoms with van der Waals surface area (Å²) < 4.78 is 7.11. The zero-order chi connectivity index (χ0) is 19.0. The molecule has 1 aromatic carbocycles. The molecule has 1 aliphatic rings. The molecular weight excluding hydrogens is 350 g/mol. The van der Waals surface area contributed by atoms with Gasteiger partial charge in [-0.3, -0.25) is 4.57 Å². The number of ether oxygens (including phenoxy) is 1. The SMILES string of the molecule is C[C@H](Nc1ncnc2c1ncn2[C@@H]1O[C@H](CO)[C@H](O)C1O)c1ccccc1. The Morgan fingerprint density at radius 1 is 1.15 bits per heavy atom. The number of aliphatic hydroxyl groups is 3. The van der Waals surface area contributed by atoms with E-state index in [9.17, 15) is 15.3 Å². The fourth-order valence-corrected chi connectivity index (χ4v) is 3.28. The van der Waals surface area contributed by atoms with E-state index in [0.717, 1.165) is 5.56 Å². The van der Waals surface area contributed by atoms with E-state index >= 15 is 0 Å². The van der Waals surface area contributed by atoms with Crippen LogP contribution < -0.4 is 5.32 Å². The molecular formula is C18H21N5O4. The second-order valence-electron chi connectivity index (χ2n) is 6.55. The van der Waals surface area contributed by atoms with Gasteiger partial charge in [0, 0.05) is 0 Å². The summed E-state index contributed by atoms with van der Waals surface area (Å²) >= 11 is 0. The Labute approximate surface area is 155 Å². The molecule has 2 aromatic heterocycles. The number of imidazole rings is 1. The number of hydrogen-bond acceptors (Lipinski definition) is 8. The molecule has 5 atom stereocenters. The van der Waals surface area contributed by atoms with Gasteiger partial charge in [0.2, 0.25) is 0 Å². The van der Waals surface area contributed by atoms with E-state index in [-0.39, 0.29) is 6.04 Å². The van der Waals surface area contributed by atoms with Gasteiger partial charge in [0.1, 0.15) is 24.6 Å². The van der Waals surface area contributed by atoms with Crippen LogP contribution in [0.4, 0.5) is 5.82 Å². The maximum atomic E-state index is 10.3. The molecule has 1 unspecified atom stereocenters. The van der Waals surface area contributed by atoms with E-state index in [1.54, 1.807) is 4.57 Å². The van der Waals surface area contributed by atoms with Crippen LogP contribution >= 0.6 is 0 Å². The third-order valence-electron chi connectivity index (χ3n) is 4.80. The standard InChI is InChI=1S/C18H21N5O4/c1-10(11-5-3-2-4-6-11)22-16-13-17(20-8-19-16)23(9-21-13)18-15(26)14(25)12(7-24)27-18/h2-6,8-10,12,14-15,18,24-26H,7H2,1H3,(H,19,20,22)/t10-,12+,14-,15?,18+/m0/s1. The first-order chi connectivity index (χ1) is 13.1. The zero-order valence-electron chi connectivity index (χ0n) is 14.7. The van der Waals surface area contributed by atoms with Crippen LogP contribution in [-0.4, -0.2) is 59.8 Å². The number of nitrogens with one attached hydrogen (secondary N) is 1. The topological polar surface area (TPSA) is 126 Å². The van der Waals surface area contributed by atoms with Gasteiger partial charge in [-0.05, 0) is 12.5 Å². The van der Waals surface area contributed by atoms with E-state index in [1.807, 2.05) is 37.3 Å². The van der Waals surface area contributed by atoms with Crippen molar-refractivity contribution in [2.24, 2.45) is 0 Å². The highest BCUT2D eigenvalue weighted by Crippen LogP contribution is 2.32. The lowest BCUT2D eigenvalue weighted by molar-refractivity contribution is -0.0511. The Hall–Kier alpha value is -2.59. The highest BCUT2D eigenvalue weighted by molar-refractivity contribution is 5.82. The molecule has 0 saturated carbocycles. The lowest BCUT2D eigenvalue weighted by atomic mass is 10.1. The largest absolute Gasteiger partial charge is 0.394 e. The van der Waals surface area contributed by atoms with Gasteiger partial charge in [-0.25, -0.2) is 15.0 Å². The molecule has 0 aliphatic carbocycles. The van der Waals surface area contributed by atoms with Crippen LogP contribution in [0.3, 0.4) is 0 Å². The van der Waals surface area contributed by atoms with Crippen LogP contribution in [0, 0.1) is 0 Å².